The van der Waals surface area contributed by atoms with Crippen molar-refractivity contribution in [3.05, 3.63) is 64.8 Å². The maximum atomic E-state index is 13.2. The number of aryl methyl sites for hydroxylation is 1. The summed E-state index contributed by atoms with van der Waals surface area (Å²) in [6, 6.07) is 13.0. The van der Waals surface area contributed by atoms with Crippen LogP contribution in [0.25, 0.3) is 5.69 Å². The van der Waals surface area contributed by atoms with E-state index in [4.69, 9.17) is 9.47 Å². The summed E-state index contributed by atoms with van der Waals surface area (Å²) in [6.45, 7) is 1.98. The third-order valence-corrected chi connectivity index (χ3v) is 6.11. The molecule has 1 unspecified atom stereocenters. The molecule has 1 aromatic heterocycles. The summed E-state index contributed by atoms with van der Waals surface area (Å²) in [4.78, 5) is 13.2. The average Bonchev–Trinajstić information content (AvgIpc) is 3.24. The van der Waals surface area contributed by atoms with Gasteiger partial charge in [0.05, 0.1) is 37.1 Å². The second kappa shape index (κ2) is 7.71. The Morgan fingerprint density at radius 2 is 1.76 bits per heavy atom. The molecular formula is C21H21N3O4S. The van der Waals surface area contributed by atoms with E-state index < -0.39 is 10.8 Å². The number of methoxy groups -OCH3 is 2. The van der Waals surface area contributed by atoms with Gasteiger partial charge in [0.2, 0.25) is 0 Å². The predicted octanol–water partition coefficient (Wildman–Crippen LogP) is 3.21. The van der Waals surface area contributed by atoms with Gasteiger partial charge in [-0.1, -0.05) is 24.3 Å². The summed E-state index contributed by atoms with van der Waals surface area (Å²) in [7, 11) is 1.99. The van der Waals surface area contributed by atoms with Gasteiger partial charge in [-0.05, 0) is 30.7 Å². The summed E-state index contributed by atoms with van der Waals surface area (Å²) in [5.41, 5.74) is 3.71. The molecule has 3 aromatic rings. The third-order valence-electron chi connectivity index (χ3n) is 4.90. The molecule has 1 atom stereocenters. The lowest BCUT2D eigenvalue weighted by molar-refractivity contribution is 0.102. The molecule has 0 spiro atoms. The molecule has 0 aliphatic carbocycles. The lowest BCUT2D eigenvalue weighted by atomic mass is 10.1. The minimum atomic E-state index is -1.02. The zero-order valence-corrected chi connectivity index (χ0v) is 17.2. The van der Waals surface area contributed by atoms with E-state index in [1.165, 1.54) is 14.2 Å². The van der Waals surface area contributed by atoms with Crippen molar-refractivity contribution in [1.29, 1.82) is 0 Å². The van der Waals surface area contributed by atoms with Crippen molar-refractivity contribution in [2.24, 2.45) is 0 Å². The smallest absolute Gasteiger partial charge is 0.264 e. The van der Waals surface area contributed by atoms with Crippen molar-refractivity contribution in [2.75, 3.05) is 19.5 Å². The number of carbonyl (C=O) groups excluding carboxylic acids is 1. The highest BCUT2D eigenvalue weighted by molar-refractivity contribution is 7.83. The molecule has 1 N–H and O–H groups in total. The van der Waals surface area contributed by atoms with E-state index in [0.717, 1.165) is 22.5 Å². The zero-order chi connectivity index (χ0) is 20.5. The molecule has 8 heteroatoms. The number of benzene rings is 2. The Labute approximate surface area is 171 Å². The van der Waals surface area contributed by atoms with Gasteiger partial charge in [-0.25, -0.2) is 4.68 Å². The van der Waals surface area contributed by atoms with Gasteiger partial charge in [-0.3, -0.25) is 9.00 Å². The monoisotopic (exact) mass is 411 g/mol. The molecule has 4 rings (SSSR count). The van der Waals surface area contributed by atoms with Crippen molar-refractivity contribution in [3.63, 3.8) is 0 Å². The topological polar surface area (TPSA) is 82.4 Å². The highest BCUT2D eigenvalue weighted by atomic mass is 32.2. The van der Waals surface area contributed by atoms with Gasteiger partial charge in [0.15, 0.2) is 0 Å². The largest absolute Gasteiger partial charge is 0.496 e. The van der Waals surface area contributed by atoms with Crippen molar-refractivity contribution in [2.45, 2.75) is 18.4 Å². The first-order valence-electron chi connectivity index (χ1n) is 9.07. The van der Waals surface area contributed by atoms with Crippen LogP contribution in [0, 0.1) is 6.92 Å². The fourth-order valence-corrected chi connectivity index (χ4v) is 4.74. The van der Waals surface area contributed by atoms with Crippen LogP contribution in [0.4, 0.5) is 5.82 Å². The Kier molecular flexibility index (Phi) is 5.10. The number of para-hydroxylation sites is 1. The van der Waals surface area contributed by atoms with E-state index >= 15 is 0 Å². The molecule has 1 amide bonds. The number of anilines is 1. The molecule has 2 aromatic carbocycles. The number of nitrogens with zero attached hydrogens (tertiary/aromatic N) is 2. The number of ether oxygens (including phenoxy) is 2. The predicted molar refractivity (Wildman–Crippen MR) is 111 cm³/mol. The Morgan fingerprint density at radius 1 is 1.07 bits per heavy atom. The minimum Gasteiger partial charge on any atom is -0.496 e. The molecule has 0 saturated carbocycles. The molecular weight excluding hydrogens is 390 g/mol. The average molecular weight is 411 g/mol. The van der Waals surface area contributed by atoms with Crippen LogP contribution in [0.3, 0.4) is 0 Å². The SMILES string of the molecule is COc1cccc(OC)c1C(=O)Nc1c2c(nn1-c1ccccc1C)CS(=O)C2. The van der Waals surface area contributed by atoms with Crippen molar-refractivity contribution < 1.29 is 18.5 Å². The number of nitrogens with one attached hydrogen (secondary N) is 1. The molecule has 1 aliphatic rings. The summed E-state index contributed by atoms with van der Waals surface area (Å²) in [5, 5.41) is 7.62. The second-order valence-electron chi connectivity index (χ2n) is 6.69. The van der Waals surface area contributed by atoms with Crippen LogP contribution >= 0.6 is 0 Å². The van der Waals surface area contributed by atoms with Gasteiger partial charge in [0, 0.05) is 16.4 Å². The molecule has 0 radical (unpaired) electrons. The number of rotatable bonds is 5. The van der Waals surface area contributed by atoms with E-state index in [1.807, 2.05) is 31.2 Å². The Balaban J connectivity index is 1.81. The molecule has 150 valence electrons. The number of aromatic nitrogens is 2. The molecule has 0 fully saturated rings. The lowest BCUT2D eigenvalue weighted by Gasteiger charge is -2.15. The van der Waals surface area contributed by atoms with E-state index in [-0.39, 0.29) is 5.91 Å². The van der Waals surface area contributed by atoms with Gasteiger partial charge < -0.3 is 14.8 Å². The van der Waals surface area contributed by atoms with Crippen LogP contribution in [0.2, 0.25) is 0 Å². The number of carbonyl (C=O) groups is 1. The normalized spacial score (nSPS) is 15.1. The van der Waals surface area contributed by atoms with Crippen LogP contribution in [0.5, 0.6) is 11.5 Å². The number of hydrogen-bond donors (Lipinski definition) is 1. The number of amides is 1. The zero-order valence-electron chi connectivity index (χ0n) is 16.4. The summed E-state index contributed by atoms with van der Waals surface area (Å²) >= 11 is 0. The highest BCUT2D eigenvalue weighted by Gasteiger charge is 2.30. The van der Waals surface area contributed by atoms with E-state index in [0.29, 0.717) is 34.4 Å². The first kappa shape index (κ1) is 19.2. The van der Waals surface area contributed by atoms with Crippen LogP contribution in [0.1, 0.15) is 27.2 Å². The van der Waals surface area contributed by atoms with Crippen LogP contribution in [-0.4, -0.2) is 34.1 Å². The van der Waals surface area contributed by atoms with E-state index in [9.17, 15) is 9.00 Å². The fourth-order valence-electron chi connectivity index (χ4n) is 3.48. The van der Waals surface area contributed by atoms with E-state index in [1.54, 1.807) is 22.9 Å². The Hall–Kier alpha value is -3.13. The Bertz CT molecular complexity index is 1100. The minimum absolute atomic E-state index is 0.294. The number of hydrogen-bond acceptors (Lipinski definition) is 5. The standard InChI is InChI=1S/C21H21N3O4S/c1-13-7-4-5-8-16(13)24-20(14-11-29(26)12-15(14)23-24)22-21(25)19-17(27-2)9-6-10-18(19)28-3/h4-10H,11-12H2,1-3H3,(H,22,25). The summed E-state index contributed by atoms with van der Waals surface area (Å²) in [5.74, 6) is 1.70. The first-order chi connectivity index (χ1) is 14.0. The molecule has 1 aliphatic heterocycles. The van der Waals surface area contributed by atoms with Crippen LogP contribution < -0.4 is 14.8 Å². The highest BCUT2D eigenvalue weighted by Crippen LogP contribution is 2.34. The van der Waals surface area contributed by atoms with E-state index in [2.05, 4.69) is 10.4 Å². The van der Waals surface area contributed by atoms with Crippen molar-refractivity contribution in [1.82, 2.24) is 9.78 Å². The summed E-state index contributed by atoms with van der Waals surface area (Å²) < 4.78 is 24.5. The van der Waals surface area contributed by atoms with Crippen LogP contribution in [-0.2, 0) is 22.3 Å². The molecule has 0 bridgehead atoms. The molecule has 29 heavy (non-hydrogen) atoms. The molecule has 7 nitrogen and oxygen atoms in total. The third kappa shape index (κ3) is 3.40. The van der Waals surface area contributed by atoms with Gasteiger partial charge in [-0.15, -0.1) is 0 Å². The second-order valence-corrected chi connectivity index (χ2v) is 8.15. The van der Waals surface area contributed by atoms with Gasteiger partial charge >= 0.3 is 0 Å². The number of fused-ring (bicyclic) bond motifs is 1. The lowest BCUT2D eigenvalue weighted by Crippen LogP contribution is -2.18. The molecule has 0 saturated heterocycles. The fraction of sp³-hybridized carbons (Fsp3) is 0.238. The molecule has 2 heterocycles. The van der Waals surface area contributed by atoms with Crippen molar-refractivity contribution >= 4 is 22.5 Å². The quantitative estimate of drug-likeness (QED) is 0.697. The van der Waals surface area contributed by atoms with Crippen LogP contribution in [0.15, 0.2) is 42.5 Å². The van der Waals surface area contributed by atoms with Crippen molar-refractivity contribution in [3.8, 4) is 17.2 Å². The Morgan fingerprint density at radius 3 is 2.41 bits per heavy atom. The summed E-state index contributed by atoms with van der Waals surface area (Å²) in [6.07, 6.45) is 0. The first-order valence-corrected chi connectivity index (χ1v) is 10.6. The maximum absolute atomic E-state index is 13.2. The van der Waals surface area contributed by atoms with Gasteiger partial charge in [0.25, 0.3) is 5.91 Å². The maximum Gasteiger partial charge on any atom is 0.264 e. The van der Waals surface area contributed by atoms with Gasteiger partial charge in [0.1, 0.15) is 22.9 Å². The van der Waals surface area contributed by atoms with Gasteiger partial charge in [-0.2, -0.15) is 5.10 Å².